The molecule has 4 aromatic rings. The van der Waals surface area contributed by atoms with Crippen molar-refractivity contribution >= 4 is 28.3 Å². The molecule has 0 saturated carbocycles. The molecule has 0 bridgehead atoms. The zero-order chi connectivity index (χ0) is 20.2. The van der Waals surface area contributed by atoms with E-state index < -0.39 is 0 Å². The normalized spacial score (nSPS) is 10.8. The summed E-state index contributed by atoms with van der Waals surface area (Å²) in [5, 5.41) is 2.95. The van der Waals surface area contributed by atoms with Crippen molar-refractivity contribution in [2.45, 2.75) is 12.8 Å². The summed E-state index contributed by atoms with van der Waals surface area (Å²) in [6.07, 6.45) is 1.73. The Morgan fingerprint density at radius 3 is 2.34 bits per heavy atom. The average Bonchev–Trinajstić information content (AvgIpc) is 3.16. The molecule has 0 atom stereocenters. The molecule has 2 N–H and O–H groups in total. The number of aromatic nitrogens is 2. The lowest BCUT2D eigenvalue weighted by molar-refractivity contribution is 0.102. The van der Waals surface area contributed by atoms with Crippen molar-refractivity contribution in [3.63, 3.8) is 0 Å². The predicted octanol–water partition coefficient (Wildman–Crippen LogP) is 4.67. The number of carbonyl (C=O) groups excluding carboxylic acids is 1. The number of aryl methyl sites for hydroxylation is 2. The Morgan fingerprint density at radius 1 is 0.931 bits per heavy atom. The Labute approximate surface area is 170 Å². The van der Waals surface area contributed by atoms with E-state index in [1.54, 1.807) is 0 Å². The summed E-state index contributed by atoms with van der Waals surface area (Å²) in [6, 6.07) is 23.6. The van der Waals surface area contributed by atoms with Crippen LogP contribution in [0.25, 0.3) is 11.0 Å². The number of benzene rings is 3. The summed E-state index contributed by atoms with van der Waals surface area (Å²) in [5.74, 6) is 0.884. The molecule has 0 aliphatic carbocycles. The van der Waals surface area contributed by atoms with Gasteiger partial charge in [-0.15, -0.1) is 0 Å². The quantitative estimate of drug-likeness (QED) is 0.508. The highest BCUT2D eigenvalue weighted by molar-refractivity contribution is 6.04. The van der Waals surface area contributed by atoms with Crippen molar-refractivity contribution in [2.24, 2.45) is 0 Å². The molecule has 5 heteroatoms. The molecular formula is C24H24N4O. The van der Waals surface area contributed by atoms with Crippen molar-refractivity contribution in [2.75, 3.05) is 24.3 Å². The lowest BCUT2D eigenvalue weighted by Gasteiger charge is -2.12. The van der Waals surface area contributed by atoms with Crippen LogP contribution >= 0.6 is 0 Å². The monoisotopic (exact) mass is 384 g/mol. The van der Waals surface area contributed by atoms with Crippen molar-refractivity contribution in [3.05, 3.63) is 89.7 Å². The van der Waals surface area contributed by atoms with Crippen LogP contribution in [-0.2, 0) is 12.8 Å². The molecule has 4 rings (SSSR count). The van der Waals surface area contributed by atoms with Crippen molar-refractivity contribution < 1.29 is 4.79 Å². The van der Waals surface area contributed by atoms with Crippen LogP contribution in [0.15, 0.2) is 72.8 Å². The van der Waals surface area contributed by atoms with Crippen molar-refractivity contribution in [1.82, 2.24) is 9.97 Å². The van der Waals surface area contributed by atoms with Crippen molar-refractivity contribution in [1.29, 1.82) is 0 Å². The number of rotatable bonds is 6. The van der Waals surface area contributed by atoms with Crippen LogP contribution in [-0.4, -0.2) is 30.0 Å². The van der Waals surface area contributed by atoms with Crippen LogP contribution in [0.4, 0.5) is 11.4 Å². The molecule has 0 aliphatic heterocycles. The van der Waals surface area contributed by atoms with Gasteiger partial charge in [-0.3, -0.25) is 4.79 Å². The van der Waals surface area contributed by atoms with Gasteiger partial charge in [0.15, 0.2) is 0 Å². The predicted molar refractivity (Wildman–Crippen MR) is 119 cm³/mol. The number of imidazole rings is 1. The lowest BCUT2D eigenvalue weighted by Crippen LogP contribution is -2.13. The third kappa shape index (κ3) is 4.46. The van der Waals surface area contributed by atoms with E-state index in [4.69, 9.17) is 0 Å². The van der Waals surface area contributed by atoms with E-state index in [1.165, 1.54) is 5.56 Å². The van der Waals surface area contributed by atoms with E-state index in [2.05, 4.69) is 15.3 Å². The molecule has 0 spiro atoms. The number of amides is 1. The minimum atomic E-state index is -0.106. The van der Waals surface area contributed by atoms with Crippen LogP contribution < -0.4 is 10.2 Å². The van der Waals surface area contributed by atoms with E-state index in [9.17, 15) is 4.79 Å². The number of para-hydroxylation sites is 2. The van der Waals surface area contributed by atoms with Gasteiger partial charge in [0, 0.05) is 37.5 Å². The number of hydrogen-bond donors (Lipinski definition) is 2. The third-order valence-electron chi connectivity index (χ3n) is 4.95. The molecule has 0 unspecified atom stereocenters. The fraction of sp³-hybridized carbons (Fsp3) is 0.167. The summed E-state index contributed by atoms with van der Waals surface area (Å²) in [6.45, 7) is 0. The zero-order valence-corrected chi connectivity index (χ0v) is 16.6. The number of aromatic amines is 1. The summed E-state index contributed by atoms with van der Waals surface area (Å²) in [7, 11) is 3.95. The van der Waals surface area contributed by atoms with Gasteiger partial charge in [-0.05, 0) is 60.5 Å². The Kier molecular flexibility index (Phi) is 5.29. The topological polar surface area (TPSA) is 61.0 Å². The molecule has 5 nitrogen and oxygen atoms in total. The zero-order valence-electron chi connectivity index (χ0n) is 16.6. The number of nitrogens with zero attached hydrogens (tertiary/aromatic N) is 2. The first kappa shape index (κ1) is 18.7. The SMILES string of the molecule is CN(C)c1ccc(C(=O)Nc2ccc(CCc3nc4ccccc4[nH]3)cc2)cc1. The molecule has 0 aliphatic rings. The average molecular weight is 384 g/mol. The van der Waals surface area contributed by atoms with Gasteiger partial charge in [-0.1, -0.05) is 24.3 Å². The Bertz CT molecular complexity index is 1080. The van der Waals surface area contributed by atoms with Gasteiger partial charge in [-0.2, -0.15) is 0 Å². The molecule has 0 fully saturated rings. The van der Waals surface area contributed by atoms with Crippen molar-refractivity contribution in [3.8, 4) is 0 Å². The molecule has 29 heavy (non-hydrogen) atoms. The summed E-state index contributed by atoms with van der Waals surface area (Å²) in [5.41, 5.74) is 5.77. The number of fused-ring (bicyclic) bond motifs is 1. The fourth-order valence-corrected chi connectivity index (χ4v) is 3.26. The van der Waals surface area contributed by atoms with Gasteiger partial charge in [-0.25, -0.2) is 4.98 Å². The number of nitrogens with one attached hydrogen (secondary N) is 2. The van der Waals surface area contributed by atoms with Crippen LogP contribution in [0.3, 0.4) is 0 Å². The third-order valence-corrected chi connectivity index (χ3v) is 4.95. The second kappa shape index (κ2) is 8.19. The summed E-state index contributed by atoms with van der Waals surface area (Å²) < 4.78 is 0. The number of carbonyl (C=O) groups is 1. The summed E-state index contributed by atoms with van der Waals surface area (Å²) >= 11 is 0. The molecule has 1 amide bonds. The molecule has 0 radical (unpaired) electrons. The molecular weight excluding hydrogens is 360 g/mol. The van der Waals surface area contributed by atoms with Gasteiger partial charge in [0.25, 0.3) is 5.91 Å². The van der Waals surface area contributed by atoms with Crippen LogP contribution in [0, 0.1) is 0 Å². The van der Waals surface area contributed by atoms with E-state index in [-0.39, 0.29) is 5.91 Å². The van der Waals surface area contributed by atoms with Gasteiger partial charge in [0.05, 0.1) is 11.0 Å². The maximum absolute atomic E-state index is 12.4. The molecule has 3 aromatic carbocycles. The maximum Gasteiger partial charge on any atom is 0.255 e. The second-order valence-corrected chi connectivity index (χ2v) is 7.29. The first-order chi connectivity index (χ1) is 14.1. The van der Waals surface area contributed by atoms with E-state index in [0.717, 1.165) is 41.1 Å². The van der Waals surface area contributed by atoms with Gasteiger partial charge in [0.2, 0.25) is 0 Å². The highest BCUT2D eigenvalue weighted by atomic mass is 16.1. The fourth-order valence-electron chi connectivity index (χ4n) is 3.26. The van der Waals surface area contributed by atoms with E-state index in [0.29, 0.717) is 5.56 Å². The maximum atomic E-state index is 12.4. The van der Waals surface area contributed by atoms with Gasteiger partial charge >= 0.3 is 0 Å². The largest absolute Gasteiger partial charge is 0.378 e. The van der Waals surface area contributed by atoms with Crippen LogP contribution in [0.1, 0.15) is 21.7 Å². The van der Waals surface area contributed by atoms with Crippen LogP contribution in [0.2, 0.25) is 0 Å². The number of anilines is 2. The molecule has 1 aromatic heterocycles. The highest BCUT2D eigenvalue weighted by Gasteiger charge is 2.07. The molecule has 1 heterocycles. The lowest BCUT2D eigenvalue weighted by atomic mass is 10.1. The minimum absolute atomic E-state index is 0.106. The minimum Gasteiger partial charge on any atom is -0.378 e. The van der Waals surface area contributed by atoms with E-state index in [1.807, 2.05) is 91.8 Å². The van der Waals surface area contributed by atoms with Gasteiger partial charge in [0.1, 0.15) is 5.82 Å². The van der Waals surface area contributed by atoms with E-state index >= 15 is 0 Å². The Morgan fingerprint density at radius 2 is 1.66 bits per heavy atom. The molecule has 146 valence electrons. The van der Waals surface area contributed by atoms with Crippen LogP contribution in [0.5, 0.6) is 0 Å². The Hall–Kier alpha value is -3.60. The standard InChI is InChI=1S/C24H24N4O/c1-28(2)20-14-10-18(11-15-20)24(29)25-19-12-7-17(8-13-19)9-16-23-26-21-5-3-4-6-22(21)27-23/h3-8,10-15H,9,16H2,1-2H3,(H,25,29)(H,26,27). The summed E-state index contributed by atoms with van der Waals surface area (Å²) in [4.78, 5) is 22.4. The second-order valence-electron chi connectivity index (χ2n) is 7.29. The number of hydrogen-bond acceptors (Lipinski definition) is 3. The van der Waals surface area contributed by atoms with Gasteiger partial charge < -0.3 is 15.2 Å². The first-order valence-electron chi connectivity index (χ1n) is 9.70. The Balaban J connectivity index is 1.35. The number of H-pyrrole nitrogens is 1. The molecule has 0 saturated heterocycles. The highest BCUT2D eigenvalue weighted by Crippen LogP contribution is 2.16. The first-order valence-corrected chi connectivity index (χ1v) is 9.70. The smallest absolute Gasteiger partial charge is 0.255 e.